The van der Waals surface area contributed by atoms with Gasteiger partial charge >= 0.3 is 0 Å². The van der Waals surface area contributed by atoms with Gasteiger partial charge in [0.05, 0.1) is 68.8 Å². The molecule has 0 bridgehead atoms. The van der Waals surface area contributed by atoms with Crippen molar-refractivity contribution >= 4 is 78.0 Å². The fourth-order valence-electron chi connectivity index (χ4n) is 8.49. The van der Waals surface area contributed by atoms with E-state index in [1.807, 2.05) is 0 Å². The lowest BCUT2D eigenvalue weighted by atomic mass is 9.82. The summed E-state index contributed by atoms with van der Waals surface area (Å²) in [7, 11) is 5.31. The second kappa shape index (κ2) is 16.0. The van der Waals surface area contributed by atoms with E-state index in [2.05, 4.69) is 0 Å². The van der Waals surface area contributed by atoms with E-state index in [0.717, 1.165) is 23.5 Å². The van der Waals surface area contributed by atoms with E-state index in [1.165, 1.54) is 35.4 Å². The summed E-state index contributed by atoms with van der Waals surface area (Å²) in [6.45, 7) is 1.93. The molecule has 18 heteroatoms. The summed E-state index contributed by atoms with van der Waals surface area (Å²) in [4.78, 5) is 43.1. The van der Waals surface area contributed by atoms with Gasteiger partial charge in [-0.1, -0.05) is 5.57 Å². The van der Waals surface area contributed by atoms with E-state index in [-0.39, 0.29) is 119 Å². The van der Waals surface area contributed by atoms with Crippen LogP contribution >= 0.6 is 23.5 Å². The van der Waals surface area contributed by atoms with E-state index in [9.17, 15) is 50.1 Å². The molecule has 1 aliphatic carbocycles. The largest absolute Gasteiger partial charge is 0.504 e. The second-order valence-corrected chi connectivity index (χ2v) is 16.1. The molecule has 5 atom stereocenters. The number of rotatable bonds is 14. The number of carbonyl (C=O) groups is 1. The lowest BCUT2D eigenvalue weighted by Crippen LogP contribution is -2.59. The van der Waals surface area contributed by atoms with Crippen LogP contribution in [-0.4, -0.2) is 132 Å². The molecule has 7 N–H and O–H groups in total. The van der Waals surface area contributed by atoms with Gasteiger partial charge in [-0.15, -0.1) is 23.5 Å². The predicted octanol–water partition coefficient (Wildman–Crippen LogP) is 2.25. The Hall–Kier alpha value is -4.37. The molecule has 0 radical (unpaired) electrons. The van der Waals surface area contributed by atoms with E-state index in [0.29, 0.717) is 16.5 Å². The number of phenols is 2. The summed E-state index contributed by atoms with van der Waals surface area (Å²) >= 11 is 1.94. The van der Waals surface area contributed by atoms with Crippen LogP contribution in [0.25, 0.3) is 48.7 Å². The first-order chi connectivity index (χ1) is 27.7. The Morgan fingerprint density at radius 1 is 0.707 bits per heavy atom. The zero-order chi connectivity index (χ0) is 42.1. The standard InChI is InChI=1S/C40H42O16S2/c1-13-11-15-18-19-21-24(37(54-6)38(57-9-7-41)31(48)26(21)29(46)35(52-4)22(19)17(13)14(2)43)23-20(18)25(28(45)34(15)51-3)30(47)39(36(23)53-5)58-10-8-55-40-33(50)32(49)27(44)16(12-42)56-40/h16,27,32-33,40-42,44-46,49-50H,7-12H2,1-6H3/t16-,27-,32+,33-,40-/m1/s1. The molecule has 5 aromatic carbocycles. The van der Waals surface area contributed by atoms with Gasteiger partial charge in [0.2, 0.25) is 10.9 Å². The third-order valence-electron chi connectivity index (χ3n) is 10.8. The summed E-state index contributed by atoms with van der Waals surface area (Å²) in [6.07, 6.45) is -7.51. The quantitative estimate of drug-likeness (QED) is 0.0367. The van der Waals surface area contributed by atoms with Crippen molar-refractivity contribution in [1.29, 1.82) is 0 Å². The molecule has 1 fully saturated rings. The highest BCUT2D eigenvalue weighted by Gasteiger charge is 2.44. The van der Waals surface area contributed by atoms with Gasteiger partial charge in [0.15, 0.2) is 35.1 Å². The average Bonchev–Trinajstić information content (AvgIpc) is 3.33. The number of fused-ring (bicyclic) bond motifs is 1. The van der Waals surface area contributed by atoms with Gasteiger partial charge < -0.3 is 64.2 Å². The van der Waals surface area contributed by atoms with Crippen molar-refractivity contribution in [3.05, 3.63) is 37.1 Å². The van der Waals surface area contributed by atoms with Crippen LogP contribution < -0.4 is 29.8 Å². The molecule has 0 amide bonds. The predicted molar refractivity (Wildman–Crippen MR) is 216 cm³/mol. The van der Waals surface area contributed by atoms with E-state index < -0.39 is 59.7 Å². The Bertz CT molecular complexity index is 2630. The molecule has 7 rings (SSSR count). The van der Waals surface area contributed by atoms with Crippen molar-refractivity contribution < 1.29 is 69.0 Å². The van der Waals surface area contributed by atoms with Gasteiger partial charge in [-0.25, -0.2) is 0 Å². The minimum absolute atomic E-state index is 0.00184. The molecular formula is C40H42O16S2. The molecule has 0 saturated carbocycles. The molecule has 0 spiro atoms. The molecule has 0 aromatic heterocycles. The number of phenolic OH excluding ortho intramolecular Hbond substituents is 2. The summed E-state index contributed by atoms with van der Waals surface area (Å²) in [6, 6.07) is 0. The van der Waals surface area contributed by atoms with Crippen molar-refractivity contribution in [2.75, 3.05) is 59.8 Å². The molecule has 0 unspecified atom stereocenters. The number of methoxy groups -OCH3 is 4. The first-order valence-corrected chi connectivity index (χ1v) is 20.1. The van der Waals surface area contributed by atoms with Crippen LogP contribution in [0.5, 0.6) is 34.5 Å². The highest BCUT2D eigenvalue weighted by atomic mass is 32.2. The van der Waals surface area contributed by atoms with Crippen molar-refractivity contribution in [3.63, 3.8) is 0 Å². The minimum atomic E-state index is -1.67. The van der Waals surface area contributed by atoms with Gasteiger partial charge in [0.1, 0.15) is 35.9 Å². The van der Waals surface area contributed by atoms with E-state index in [1.54, 1.807) is 6.92 Å². The van der Waals surface area contributed by atoms with Crippen molar-refractivity contribution in [1.82, 2.24) is 0 Å². The zero-order valence-electron chi connectivity index (χ0n) is 32.3. The maximum atomic E-state index is 14.9. The molecule has 1 aliphatic heterocycles. The maximum Gasteiger partial charge on any atom is 0.207 e. The van der Waals surface area contributed by atoms with Gasteiger partial charge in [0.25, 0.3) is 0 Å². The number of aliphatic hydroxyl groups is 5. The topological polar surface area (TPSA) is 248 Å². The smallest absolute Gasteiger partial charge is 0.207 e. The average molecular weight is 843 g/mol. The van der Waals surface area contributed by atoms with Crippen LogP contribution in [-0.2, 0) is 20.7 Å². The highest BCUT2D eigenvalue weighted by Crippen LogP contribution is 2.59. The number of hydrogen-bond donors (Lipinski definition) is 7. The first kappa shape index (κ1) is 41.8. The molecule has 2 aliphatic rings. The Labute approximate surface area is 338 Å². The second-order valence-electron chi connectivity index (χ2n) is 13.9. The monoisotopic (exact) mass is 842 g/mol. The number of Topliss-reactive ketones (excluding diaryl/α,β-unsaturated/α-hetero) is 1. The molecule has 16 nitrogen and oxygen atoms in total. The van der Waals surface area contributed by atoms with E-state index in [4.69, 9.17) is 28.4 Å². The first-order valence-electron chi connectivity index (χ1n) is 18.1. The lowest BCUT2D eigenvalue weighted by Gasteiger charge is -2.39. The van der Waals surface area contributed by atoms with Crippen LogP contribution in [0.15, 0.2) is 25.0 Å². The summed E-state index contributed by atoms with van der Waals surface area (Å²) in [5.74, 6) is -1.52. The molecule has 310 valence electrons. The van der Waals surface area contributed by atoms with Crippen LogP contribution in [0.1, 0.15) is 25.0 Å². The van der Waals surface area contributed by atoms with Crippen LogP contribution in [0.2, 0.25) is 0 Å². The number of aromatic hydroxyl groups is 2. The SMILES string of the molecule is COc1c(O)c2c(=O)c(SCCO[C@@H]3O[C@H](CO)[C@@H](O)[C@H](O)[C@H]3O)c(OC)c3c4c(OC)c(SCCO)c(=O)c5c(O)c(OC)c6c(c(c1CC(C)=C6C(C)=O)c23)c54. The number of thioether (sulfide) groups is 2. The van der Waals surface area contributed by atoms with Crippen LogP contribution in [0.4, 0.5) is 0 Å². The normalized spacial score (nSPS) is 20.8. The van der Waals surface area contributed by atoms with Gasteiger partial charge in [-0.05, 0) is 25.7 Å². The molecule has 58 heavy (non-hydrogen) atoms. The van der Waals surface area contributed by atoms with Crippen molar-refractivity contribution in [2.45, 2.75) is 60.8 Å². The third-order valence-corrected chi connectivity index (χ3v) is 12.9. The number of allylic oxidation sites excluding steroid dienone is 2. The molecule has 5 aromatic rings. The van der Waals surface area contributed by atoms with Crippen LogP contribution in [0.3, 0.4) is 0 Å². The van der Waals surface area contributed by atoms with Gasteiger partial charge in [-0.2, -0.15) is 0 Å². The zero-order valence-corrected chi connectivity index (χ0v) is 33.9. The summed E-state index contributed by atoms with van der Waals surface area (Å²) in [5, 5.41) is 75.5. The number of hydrogen-bond acceptors (Lipinski definition) is 18. The molecule has 1 heterocycles. The number of benzene rings is 5. The summed E-state index contributed by atoms with van der Waals surface area (Å²) < 4.78 is 34.9. The van der Waals surface area contributed by atoms with Crippen molar-refractivity contribution in [3.8, 4) is 34.5 Å². The minimum Gasteiger partial charge on any atom is -0.504 e. The van der Waals surface area contributed by atoms with Crippen LogP contribution in [0, 0.1) is 0 Å². The lowest BCUT2D eigenvalue weighted by molar-refractivity contribution is -0.299. The summed E-state index contributed by atoms with van der Waals surface area (Å²) in [5.41, 5.74) is -0.0392. The Balaban J connectivity index is 1.62. The molecular weight excluding hydrogens is 801 g/mol. The number of ether oxygens (including phenoxy) is 6. The third kappa shape index (κ3) is 5.99. The number of ketones is 1. The fourth-order valence-corrected chi connectivity index (χ4v) is 10.3. The maximum absolute atomic E-state index is 14.9. The highest BCUT2D eigenvalue weighted by molar-refractivity contribution is 7.99. The Kier molecular flexibility index (Phi) is 11.5. The Morgan fingerprint density at radius 3 is 1.76 bits per heavy atom. The molecule has 1 saturated heterocycles. The Morgan fingerprint density at radius 2 is 1.24 bits per heavy atom. The van der Waals surface area contributed by atoms with Gasteiger partial charge in [0, 0.05) is 55.1 Å². The van der Waals surface area contributed by atoms with Gasteiger partial charge in [-0.3, -0.25) is 14.4 Å². The van der Waals surface area contributed by atoms with Crippen molar-refractivity contribution in [2.24, 2.45) is 0 Å². The number of carbonyl (C=O) groups excluding carboxylic acids is 1. The fraction of sp³-hybridized carbons (Fsp3) is 0.425. The van der Waals surface area contributed by atoms with E-state index >= 15 is 0 Å². The number of aliphatic hydroxyl groups excluding tert-OH is 5.